The normalized spacial score (nSPS) is 15.0. The van der Waals surface area contributed by atoms with Crippen molar-refractivity contribution < 1.29 is 42.7 Å². The largest absolute Gasteiger partial charge is 0.480 e. The Hall–Kier alpha value is -1.29. The predicted octanol–water partition coefficient (Wildman–Crippen LogP) is 5.13. The zero-order valence-corrected chi connectivity index (χ0v) is 23.0. The van der Waals surface area contributed by atoms with Crippen LogP contribution in [0.1, 0.15) is 96.8 Å². The fourth-order valence-electron chi connectivity index (χ4n) is 3.36. The van der Waals surface area contributed by atoms with Crippen LogP contribution < -0.4 is 5.73 Å². The van der Waals surface area contributed by atoms with Crippen LogP contribution in [0.25, 0.3) is 0 Å². The van der Waals surface area contributed by atoms with E-state index in [1.165, 1.54) is 52.1 Å². The molecule has 11 heteroatoms. The number of rotatable bonds is 25. The molecule has 0 aromatic rings. The first-order valence-electron chi connectivity index (χ1n) is 13.2. The lowest BCUT2D eigenvalue weighted by Crippen LogP contribution is -2.35. The van der Waals surface area contributed by atoms with Gasteiger partial charge in [-0.25, -0.2) is 4.57 Å². The standard InChI is InChI=1S/C25H48NO9P/c1-3-4-5-6-7-8-9-10-11-12-13-14-15-16-17-18-24(27)33-20-22(19-32-2)35-36(30,31)34-21-23(26)25(28)29/h10-11,22-23H,3-9,12-21,26H2,1-2H3,(H,28,29)(H,30,31)/t22-,23-/m0/s1. The van der Waals surface area contributed by atoms with Gasteiger partial charge in [-0.05, 0) is 32.1 Å². The fraction of sp³-hybridized carbons (Fsp3) is 0.840. The third-order valence-electron chi connectivity index (χ3n) is 5.44. The van der Waals surface area contributed by atoms with E-state index in [1.54, 1.807) is 0 Å². The number of carbonyl (C=O) groups is 2. The number of aliphatic carboxylic acids is 1. The Morgan fingerprint density at radius 3 is 2.00 bits per heavy atom. The third kappa shape index (κ3) is 21.9. The molecular weight excluding hydrogens is 489 g/mol. The van der Waals surface area contributed by atoms with E-state index in [0.29, 0.717) is 6.42 Å². The molecule has 3 atom stereocenters. The highest BCUT2D eigenvalue weighted by atomic mass is 31.2. The minimum absolute atomic E-state index is 0.125. The summed E-state index contributed by atoms with van der Waals surface area (Å²) in [5, 5.41) is 8.70. The van der Waals surface area contributed by atoms with Gasteiger partial charge in [0.1, 0.15) is 18.8 Å². The van der Waals surface area contributed by atoms with Crippen LogP contribution in [-0.2, 0) is 32.7 Å². The quantitative estimate of drug-likeness (QED) is 0.0618. The molecule has 0 radical (unpaired) electrons. The fourth-order valence-corrected chi connectivity index (χ4v) is 4.27. The number of carboxylic acids is 1. The average Bonchev–Trinajstić information content (AvgIpc) is 2.83. The number of phosphoric ester groups is 1. The molecule has 0 aromatic heterocycles. The molecule has 0 spiro atoms. The number of methoxy groups -OCH3 is 1. The highest BCUT2D eigenvalue weighted by molar-refractivity contribution is 7.47. The summed E-state index contributed by atoms with van der Waals surface area (Å²) in [5.74, 6) is -1.81. The molecule has 36 heavy (non-hydrogen) atoms. The molecule has 0 bridgehead atoms. The zero-order chi connectivity index (χ0) is 27.1. The summed E-state index contributed by atoms with van der Waals surface area (Å²) in [6, 6.07) is -1.47. The first kappa shape index (κ1) is 34.7. The maximum Gasteiger partial charge on any atom is 0.472 e. The monoisotopic (exact) mass is 537 g/mol. The molecule has 0 fully saturated rings. The van der Waals surface area contributed by atoms with Crippen molar-refractivity contribution in [2.75, 3.05) is 26.9 Å². The van der Waals surface area contributed by atoms with E-state index in [9.17, 15) is 19.0 Å². The minimum atomic E-state index is -4.60. The Kier molecular flexibility index (Phi) is 22.1. The Balaban J connectivity index is 3.86. The second kappa shape index (κ2) is 22.9. The van der Waals surface area contributed by atoms with Crippen LogP contribution in [-0.4, -0.2) is 61.0 Å². The highest BCUT2D eigenvalue weighted by Crippen LogP contribution is 2.44. The summed E-state index contributed by atoms with van der Waals surface area (Å²) in [5.41, 5.74) is 5.23. The lowest BCUT2D eigenvalue weighted by atomic mass is 10.1. The van der Waals surface area contributed by atoms with E-state index in [-0.39, 0.29) is 19.6 Å². The first-order chi connectivity index (χ1) is 17.2. The van der Waals surface area contributed by atoms with Crippen molar-refractivity contribution in [2.45, 2.75) is 109 Å². The average molecular weight is 538 g/mol. The van der Waals surface area contributed by atoms with Crippen molar-refractivity contribution in [1.82, 2.24) is 0 Å². The molecule has 0 saturated carbocycles. The molecule has 212 valence electrons. The lowest BCUT2D eigenvalue weighted by molar-refractivity contribution is -0.147. The zero-order valence-electron chi connectivity index (χ0n) is 22.1. The van der Waals surface area contributed by atoms with Crippen molar-refractivity contribution >= 4 is 19.8 Å². The SMILES string of the molecule is CCCCCCCCC=CCCCCCCCC(=O)OC[C@H](COC)OP(=O)(O)OC[C@H](N)C(=O)O. The minimum Gasteiger partial charge on any atom is -0.480 e. The maximum absolute atomic E-state index is 12.0. The molecule has 0 rings (SSSR count). The molecule has 0 aliphatic heterocycles. The number of carboxylic acid groups (broad SMARTS) is 1. The van der Waals surface area contributed by atoms with Gasteiger partial charge in [0, 0.05) is 13.5 Å². The predicted molar refractivity (Wildman–Crippen MR) is 139 cm³/mol. The van der Waals surface area contributed by atoms with Crippen LogP contribution in [0.4, 0.5) is 0 Å². The van der Waals surface area contributed by atoms with Gasteiger partial charge in [0.25, 0.3) is 0 Å². The number of phosphoric acid groups is 1. The van der Waals surface area contributed by atoms with Crippen LogP contribution in [0, 0.1) is 0 Å². The van der Waals surface area contributed by atoms with Gasteiger partial charge >= 0.3 is 19.8 Å². The Morgan fingerprint density at radius 1 is 0.889 bits per heavy atom. The van der Waals surface area contributed by atoms with Gasteiger partial charge in [-0.3, -0.25) is 18.6 Å². The van der Waals surface area contributed by atoms with Crippen molar-refractivity contribution in [3.63, 3.8) is 0 Å². The van der Waals surface area contributed by atoms with Gasteiger partial charge in [0.15, 0.2) is 0 Å². The summed E-state index contributed by atoms with van der Waals surface area (Å²) in [6.07, 6.45) is 18.9. The molecule has 0 heterocycles. The van der Waals surface area contributed by atoms with Gasteiger partial charge in [-0.1, -0.05) is 70.4 Å². The maximum atomic E-state index is 12.0. The van der Waals surface area contributed by atoms with Crippen molar-refractivity contribution in [1.29, 1.82) is 0 Å². The van der Waals surface area contributed by atoms with E-state index >= 15 is 0 Å². The van der Waals surface area contributed by atoms with Gasteiger partial charge in [0.2, 0.25) is 0 Å². The number of hydrogen-bond donors (Lipinski definition) is 3. The van der Waals surface area contributed by atoms with E-state index in [0.717, 1.165) is 32.1 Å². The van der Waals surface area contributed by atoms with Crippen molar-refractivity contribution in [2.24, 2.45) is 5.73 Å². The van der Waals surface area contributed by atoms with Crippen LogP contribution >= 0.6 is 7.82 Å². The number of allylic oxidation sites excluding steroid dienone is 2. The molecule has 0 aliphatic rings. The van der Waals surface area contributed by atoms with Crippen LogP contribution in [0.2, 0.25) is 0 Å². The number of carbonyl (C=O) groups excluding carboxylic acids is 1. The molecule has 4 N–H and O–H groups in total. The Labute approximate surface area is 216 Å². The number of ether oxygens (including phenoxy) is 2. The highest BCUT2D eigenvalue weighted by Gasteiger charge is 2.29. The first-order valence-corrected chi connectivity index (χ1v) is 14.6. The van der Waals surface area contributed by atoms with E-state index in [2.05, 4.69) is 23.6 Å². The van der Waals surface area contributed by atoms with Crippen LogP contribution in [0.3, 0.4) is 0 Å². The smallest absolute Gasteiger partial charge is 0.472 e. The van der Waals surface area contributed by atoms with Crippen molar-refractivity contribution in [3.05, 3.63) is 12.2 Å². The van der Waals surface area contributed by atoms with Crippen LogP contribution in [0.5, 0.6) is 0 Å². The number of nitrogens with two attached hydrogens (primary N) is 1. The Bertz CT molecular complexity index is 645. The van der Waals surface area contributed by atoms with Gasteiger partial charge < -0.3 is 25.2 Å². The lowest BCUT2D eigenvalue weighted by Gasteiger charge is -2.20. The van der Waals surface area contributed by atoms with Gasteiger partial charge in [-0.15, -0.1) is 0 Å². The van der Waals surface area contributed by atoms with Gasteiger partial charge in [0.05, 0.1) is 13.2 Å². The number of hydrogen-bond acceptors (Lipinski definition) is 8. The molecule has 0 saturated heterocycles. The number of unbranched alkanes of at least 4 members (excludes halogenated alkanes) is 11. The Morgan fingerprint density at radius 2 is 1.44 bits per heavy atom. The van der Waals surface area contributed by atoms with E-state index in [4.69, 9.17) is 24.8 Å². The van der Waals surface area contributed by atoms with E-state index < -0.39 is 38.5 Å². The molecule has 0 aliphatic carbocycles. The molecule has 0 aromatic carbocycles. The summed E-state index contributed by atoms with van der Waals surface area (Å²) in [7, 11) is -3.25. The summed E-state index contributed by atoms with van der Waals surface area (Å²) >= 11 is 0. The second-order valence-electron chi connectivity index (χ2n) is 8.91. The molecule has 1 unspecified atom stereocenters. The topological polar surface area (TPSA) is 155 Å². The molecular formula is C25H48NO9P. The number of esters is 1. The third-order valence-corrected chi connectivity index (χ3v) is 6.48. The summed E-state index contributed by atoms with van der Waals surface area (Å²) in [6.45, 7) is 1.11. The molecule has 0 amide bonds. The second-order valence-corrected chi connectivity index (χ2v) is 10.3. The molecule has 10 nitrogen and oxygen atoms in total. The van der Waals surface area contributed by atoms with Crippen molar-refractivity contribution in [3.8, 4) is 0 Å². The van der Waals surface area contributed by atoms with E-state index in [1.807, 2.05) is 0 Å². The summed E-state index contributed by atoms with van der Waals surface area (Å²) < 4.78 is 31.5. The summed E-state index contributed by atoms with van der Waals surface area (Å²) in [4.78, 5) is 32.4. The van der Waals surface area contributed by atoms with Crippen LogP contribution in [0.15, 0.2) is 12.2 Å². The van der Waals surface area contributed by atoms with Gasteiger partial charge in [-0.2, -0.15) is 0 Å².